The number of urea groups is 1. The van der Waals surface area contributed by atoms with E-state index in [0.29, 0.717) is 0 Å². The second-order valence-corrected chi connectivity index (χ2v) is 3.75. The van der Waals surface area contributed by atoms with Gasteiger partial charge in [-0.1, -0.05) is 18.2 Å². The topological polar surface area (TPSA) is 32.3 Å². The van der Waals surface area contributed by atoms with Crippen molar-refractivity contribution in [2.45, 2.75) is 19.4 Å². The van der Waals surface area contributed by atoms with Crippen molar-refractivity contribution < 1.29 is 4.79 Å². The van der Waals surface area contributed by atoms with Crippen molar-refractivity contribution in [2.24, 2.45) is 0 Å². The van der Waals surface area contributed by atoms with Gasteiger partial charge in [-0.05, 0) is 25.0 Å². The van der Waals surface area contributed by atoms with Gasteiger partial charge in [-0.2, -0.15) is 0 Å². The van der Waals surface area contributed by atoms with Gasteiger partial charge >= 0.3 is 6.03 Å². The van der Waals surface area contributed by atoms with Gasteiger partial charge in [-0.15, -0.1) is 0 Å². The zero-order valence-corrected chi connectivity index (χ0v) is 8.45. The van der Waals surface area contributed by atoms with E-state index in [1.54, 1.807) is 4.90 Å². The molecule has 0 saturated carbocycles. The normalized spacial score (nSPS) is 21.1. The molecule has 1 aliphatic heterocycles. The summed E-state index contributed by atoms with van der Waals surface area (Å²) < 4.78 is 0. The fourth-order valence-corrected chi connectivity index (χ4v) is 1.68. The Morgan fingerprint density at radius 1 is 1.43 bits per heavy atom. The number of benzene rings is 1. The number of anilines is 1. The van der Waals surface area contributed by atoms with Gasteiger partial charge < -0.3 is 10.2 Å². The highest BCUT2D eigenvalue weighted by Gasteiger charge is 2.21. The summed E-state index contributed by atoms with van der Waals surface area (Å²) in [6.07, 6.45) is 0.908. The molecule has 0 bridgehead atoms. The molecule has 1 heterocycles. The van der Waals surface area contributed by atoms with Crippen LogP contribution in [-0.2, 0) is 6.42 Å². The molecule has 0 spiro atoms. The minimum atomic E-state index is -0.0255. The van der Waals surface area contributed by atoms with E-state index in [1.165, 1.54) is 5.56 Å². The van der Waals surface area contributed by atoms with E-state index in [-0.39, 0.29) is 12.1 Å². The molecule has 2 amide bonds. The molecule has 1 unspecified atom stereocenters. The van der Waals surface area contributed by atoms with Crippen LogP contribution in [0.1, 0.15) is 12.5 Å². The Hall–Kier alpha value is -1.51. The SMILES string of the molecule is CC1Cc2ccccc2NC(=O)N1C. The Balaban J connectivity index is 2.39. The van der Waals surface area contributed by atoms with E-state index < -0.39 is 0 Å². The lowest BCUT2D eigenvalue weighted by Gasteiger charge is -2.21. The highest BCUT2D eigenvalue weighted by atomic mass is 16.2. The summed E-state index contributed by atoms with van der Waals surface area (Å²) in [6.45, 7) is 2.06. The van der Waals surface area contributed by atoms with Gasteiger partial charge in [0.05, 0.1) is 0 Å². The van der Waals surface area contributed by atoms with Gasteiger partial charge in [-0.3, -0.25) is 0 Å². The highest BCUT2D eigenvalue weighted by Crippen LogP contribution is 2.22. The van der Waals surface area contributed by atoms with Crippen LogP contribution < -0.4 is 5.32 Å². The van der Waals surface area contributed by atoms with Gasteiger partial charge in [0.2, 0.25) is 0 Å². The molecule has 14 heavy (non-hydrogen) atoms. The molecule has 0 aliphatic carbocycles. The van der Waals surface area contributed by atoms with Crippen LogP contribution in [0.5, 0.6) is 0 Å². The van der Waals surface area contributed by atoms with E-state index in [1.807, 2.05) is 25.2 Å². The third-order valence-corrected chi connectivity index (χ3v) is 2.76. The summed E-state index contributed by atoms with van der Waals surface area (Å²) in [5.41, 5.74) is 2.14. The second kappa shape index (κ2) is 3.33. The van der Waals surface area contributed by atoms with Crippen LogP contribution in [0, 0.1) is 0 Å². The molecule has 0 radical (unpaired) electrons. The van der Waals surface area contributed by atoms with Crippen molar-refractivity contribution in [3.8, 4) is 0 Å². The van der Waals surface area contributed by atoms with Crippen molar-refractivity contribution in [3.05, 3.63) is 29.8 Å². The number of amides is 2. The van der Waals surface area contributed by atoms with E-state index in [9.17, 15) is 4.79 Å². The number of likely N-dealkylation sites (N-methyl/N-ethyl adjacent to an activating group) is 1. The minimum absolute atomic E-state index is 0.0255. The molecular formula is C11H14N2O. The molecule has 3 nitrogen and oxygen atoms in total. The standard InChI is InChI=1S/C11H14N2O/c1-8-7-9-5-3-4-6-10(9)12-11(14)13(8)2/h3-6,8H,7H2,1-2H3,(H,12,14). The van der Waals surface area contributed by atoms with E-state index >= 15 is 0 Å². The number of hydrogen-bond donors (Lipinski definition) is 1. The first-order valence-electron chi connectivity index (χ1n) is 4.80. The number of carbonyl (C=O) groups excluding carboxylic acids is 1. The third kappa shape index (κ3) is 1.45. The Morgan fingerprint density at radius 3 is 2.93 bits per heavy atom. The van der Waals surface area contributed by atoms with Crippen LogP contribution in [0.4, 0.5) is 10.5 Å². The highest BCUT2D eigenvalue weighted by molar-refractivity contribution is 5.91. The fourth-order valence-electron chi connectivity index (χ4n) is 1.68. The Labute approximate surface area is 83.7 Å². The summed E-state index contributed by atoms with van der Waals surface area (Å²) in [4.78, 5) is 13.3. The molecule has 0 saturated heterocycles. The molecule has 1 aromatic carbocycles. The smallest absolute Gasteiger partial charge is 0.321 e. The largest absolute Gasteiger partial charge is 0.325 e. The summed E-state index contributed by atoms with van der Waals surface area (Å²) in [5, 5.41) is 2.89. The molecule has 3 heteroatoms. The van der Waals surface area contributed by atoms with Crippen molar-refractivity contribution in [1.29, 1.82) is 0 Å². The summed E-state index contributed by atoms with van der Waals surface area (Å²) in [6, 6.07) is 8.17. The van der Waals surface area contributed by atoms with Gasteiger partial charge in [-0.25, -0.2) is 4.79 Å². The van der Waals surface area contributed by atoms with Crippen LogP contribution in [0.25, 0.3) is 0 Å². The first kappa shape index (κ1) is 9.06. The third-order valence-electron chi connectivity index (χ3n) is 2.76. The van der Waals surface area contributed by atoms with Gasteiger partial charge in [0.25, 0.3) is 0 Å². The molecule has 1 aliphatic rings. The Bertz CT molecular complexity index is 362. The first-order valence-corrected chi connectivity index (χ1v) is 4.80. The lowest BCUT2D eigenvalue weighted by Crippen LogP contribution is -2.36. The monoisotopic (exact) mass is 190 g/mol. The number of hydrogen-bond acceptors (Lipinski definition) is 1. The van der Waals surface area contributed by atoms with E-state index in [4.69, 9.17) is 0 Å². The maximum atomic E-state index is 11.6. The molecule has 1 atom stereocenters. The zero-order chi connectivity index (χ0) is 10.1. The van der Waals surface area contributed by atoms with Crippen LogP contribution >= 0.6 is 0 Å². The van der Waals surface area contributed by atoms with Crippen molar-refractivity contribution in [3.63, 3.8) is 0 Å². The number of nitrogens with one attached hydrogen (secondary N) is 1. The molecule has 74 valence electrons. The molecule has 1 N–H and O–H groups in total. The number of fused-ring (bicyclic) bond motifs is 1. The zero-order valence-electron chi connectivity index (χ0n) is 8.45. The van der Waals surface area contributed by atoms with Crippen LogP contribution in [-0.4, -0.2) is 24.0 Å². The van der Waals surface area contributed by atoms with Crippen LogP contribution in [0.15, 0.2) is 24.3 Å². The van der Waals surface area contributed by atoms with E-state index in [2.05, 4.69) is 18.3 Å². The molecular weight excluding hydrogens is 176 g/mol. The summed E-state index contributed by atoms with van der Waals surface area (Å²) >= 11 is 0. The van der Waals surface area contributed by atoms with Crippen molar-refractivity contribution >= 4 is 11.7 Å². The second-order valence-electron chi connectivity index (χ2n) is 3.75. The number of rotatable bonds is 0. The Morgan fingerprint density at radius 2 is 2.14 bits per heavy atom. The van der Waals surface area contributed by atoms with Crippen LogP contribution in [0.3, 0.4) is 0 Å². The van der Waals surface area contributed by atoms with Gasteiger partial charge in [0, 0.05) is 18.8 Å². The first-order chi connectivity index (χ1) is 6.68. The van der Waals surface area contributed by atoms with Gasteiger partial charge in [0.1, 0.15) is 0 Å². The minimum Gasteiger partial charge on any atom is -0.325 e. The number of para-hydroxylation sites is 1. The molecule has 0 aromatic heterocycles. The summed E-state index contributed by atoms with van der Waals surface area (Å²) in [5.74, 6) is 0. The average molecular weight is 190 g/mol. The predicted molar refractivity (Wildman–Crippen MR) is 56.4 cm³/mol. The number of nitrogens with zero attached hydrogens (tertiary/aromatic N) is 1. The number of carbonyl (C=O) groups is 1. The van der Waals surface area contributed by atoms with Crippen molar-refractivity contribution in [1.82, 2.24) is 4.90 Å². The van der Waals surface area contributed by atoms with E-state index in [0.717, 1.165) is 12.1 Å². The molecule has 0 fully saturated rings. The molecule has 2 rings (SSSR count). The average Bonchev–Trinajstić information content (AvgIpc) is 2.28. The fraction of sp³-hybridized carbons (Fsp3) is 0.364. The van der Waals surface area contributed by atoms with Crippen molar-refractivity contribution in [2.75, 3.05) is 12.4 Å². The predicted octanol–water partition coefficient (Wildman–Crippen LogP) is 2.09. The Kier molecular flexibility index (Phi) is 2.15. The quantitative estimate of drug-likeness (QED) is 0.667. The maximum absolute atomic E-state index is 11.6. The molecule has 1 aromatic rings. The lowest BCUT2D eigenvalue weighted by molar-refractivity contribution is 0.209. The van der Waals surface area contributed by atoms with Crippen LogP contribution in [0.2, 0.25) is 0 Å². The maximum Gasteiger partial charge on any atom is 0.321 e. The summed E-state index contributed by atoms with van der Waals surface area (Å²) in [7, 11) is 1.83. The lowest BCUT2D eigenvalue weighted by atomic mass is 10.1. The van der Waals surface area contributed by atoms with Gasteiger partial charge in [0.15, 0.2) is 0 Å².